The van der Waals surface area contributed by atoms with Crippen LogP contribution in [0.4, 0.5) is 0 Å². The predicted molar refractivity (Wildman–Crippen MR) is 42.6 cm³/mol. The lowest BCUT2D eigenvalue weighted by molar-refractivity contribution is 0.692. The number of nitrogens with one attached hydrogen (secondary N) is 1. The van der Waals surface area contributed by atoms with Crippen LogP contribution >= 0.6 is 0 Å². The zero-order valence-electron chi connectivity index (χ0n) is 6.35. The fraction of sp³-hybridized carbons (Fsp3) is 0.556. The van der Waals surface area contributed by atoms with Crippen LogP contribution in [0.3, 0.4) is 0 Å². The van der Waals surface area contributed by atoms with Crippen molar-refractivity contribution in [2.75, 3.05) is 0 Å². The van der Waals surface area contributed by atoms with Crippen molar-refractivity contribution in [1.82, 2.24) is 5.32 Å². The molecule has 1 nitrogen and oxygen atoms in total. The Kier molecular flexibility index (Phi) is 1.30. The van der Waals surface area contributed by atoms with Crippen LogP contribution in [-0.2, 0) is 0 Å². The molecular weight excluding hydrogens is 122 g/mol. The Morgan fingerprint density at radius 3 is 3.00 bits per heavy atom. The summed E-state index contributed by atoms with van der Waals surface area (Å²) in [5.41, 5.74) is 2.94. The molecule has 0 radical (unpaired) electrons. The number of allylic oxidation sites excluding steroid dienone is 3. The Balaban J connectivity index is 2.25. The second-order valence-electron chi connectivity index (χ2n) is 3.17. The van der Waals surface area contributed by atoms with E-state index in [-0.39, 0.29) is 0 Å². The van der Waals surface area contributed by atoms with E-state index in [1.807, 2.05) is 0 Å². The van der Waals surface area contributed by atoms with Crippen molar-refractivity contribution in [3.05, 3.63) is 23.4 Å². The van der Waals surface area contributed by atoms with Crippen molar-refractivity contribution in [3.8, 4) is 0 Å². The molecule has 0 aromatic rings. The third-order valence-electron chi connectivity index (χ3n) is 2.18. The van der Waals surface area contributed by atoms with Gasteiger partial charge in [-0.25, -0.2) is 0 Å². The highest BCUT2D eigenvalue weighted by atomic mass is 15.0. The van der Waals surface area contributed by atoms with Crippen LogP contribution in [0.1, 0.15) is 26.2 Å². The van der Waals surface area contributed by atoms with Gasteiger partial charge in [-0.05, 0) is 31.8 Å². The van der Waals surface area contributed by atoms with E-state index in [0.29, 0.717) is 6.04 Å². The van der Waals surface area contributed by atoms with Crippen LogP contribution in [0.15, 0.2) is 23.4 Å². The van der Waals surface area contributed by atoms with Gasteiger partial charge in [0.1, 0.15) is 0 Å². The lowest BCUT2D eigenvalue weighted by Gasteiger charge is -2.06. The van der Waals surface area contributed by atoms with Gasteiger partial charge in [-0.3, -0.25) is 0 Å². The van der Waals surface area contributed by atoms with Crippen LogP contribution in [0.25, 0.3) is 0 Å². The number of hydrogen-bond acceptors (Lipinski definition) is 1. The molecule has 10 heavy (non-hydrogen) atoms. The van der Waals surface area contributed by atoms with Crippen molar-refractivity contribution in [2.24, 2.45) is 0 Å². The van der Waals surface area contributed by atoms with E-state index >= 15 is 0 Å². The second kappa shape index (κ2) is 2.15. The van der Waals surface area contributed by atoms with Crippen LogP contribution in [0.2, 0.25) is 0 Å². The zero-order valence-corrected chi connectivity index (χ0v) is 6.35. The van der Waals surface area contributed by atoms with Gasteiger partial charge in [-0.1, -0.05) is 12.2 Å². The van der Waals surface area contributed by atoms with Gasteiger partial charge in [0.2, 0.25) is 0 Å². The Hall–Kier alpha value is -0.720. The van der Waals surface area contributed by atoms with Crippen LogP contribution in [0, 0.1) is 0 Å². The maximum Gasteiger partial charge on any atom is 0.0332 e. The van der Waals surface area contributed by atoms with E-state index in [1.165, 1.54) is 25.0 Å². The fourth-order valence-corrected chi connectivity index (χ4v) is 1.72. The van der Waals surface area contributed by atoms with Crippen molar-refractivity contribution in [1.29, 1.82) is 0 Å². The molecule has 2 rings (SSSR count). The van der Waals surface area contributed by atoms with Gasteiger partial charge < -0.3 is 5.32 Å². The van der Waals surface area contributed by atoms with Crippen molar-refractivity contribution in [3.63, 3.8) is 0 Å². The number of hydrogen-bond donors (Lipinski definition) is 1. The maximum atomic E-state index is 3.45. The summed E-state index contributed by atoms with van der Waals surface area (Å²) in [7, 11) is 0. The average Bonchev–Trinajstić information content (AvgIpc) is 2.27. The molecule has 0 saturated carbocycles. The molecule has 1 aliphatic carbocycles. The molecule has 1 N–H and O–H groups in total. The Bertz CT molecular complexity index is 179. The fourth-order valence-electron chi connectivity index (χ4n) is 1.72. The second-order valence-corrected chi connectivity index (χ2v) is 3.17. The van der Waals surface area contributed by atoms with Crippen LogP contribution < -0.4 is 5.32 Å². The topological polar surface area (TPSA) is 12.0 Å². The molecule has 1 heteroatoms. The molecule has 1 saturated heterocycles. The quantitative estimate of drug-likeness (QED) is 0.535. The average molecular weight is 135 g/mol. The molecule has 1 aliphatic heterocycles. The van der Waals surface area contributed by atoms with Gasteiger partial charge >= 0.3 is 0 Å². The minimum absolute atomic E-state index is 0.663. The molecule has 1 atom stereocenters. The Morgan fingerprint density at radius 1 is 1.40 bits per heavy atom. The number of rotatable bonds is 0. The Morgan fingerprint density at radius 2 is 2.20 bits per heavy atom. The lowest BCUT2D eigenvalue weighted by Crippen LogP contribution is -2.15. The monoisotopic (exact) mass is 135 g/mol. The third-order valence-corrected chi connectivity index (χ3v) is 2.18. The SMILES string of the molecule is CC1CC2=CCCC=C2N1. The number of fused-ring (bicyclic) bond motifs is 1. The molecule has 1 fully saturated rings. The van der Waals surface area contributed by atoms with E-state index in [2.05, 4.69) is 24.4 Å². The van der Waals surface area contributed by atoms with E-state index in [4.69, 9.17) is 0 Å². The van der Waals surface area contributed by atoms with Gasteiger partial charge in [-0.15, -0.1) is 0 Å². The van der Waals surface area contributed by atoms with E-state index in [0.717, 1.165) is 0 Å². The highest BCUT2D eigenvalue weighted by molar-refractivity contribution is 5.37. The summed E-state index contributed by atoms with van der Waals surface area (Å²) in [5, 5.41) is 3.45. The summed E-state index contributed by atoms with van der Waals surface area (Å²) in [6.07, 6.45) is 8.38. The molecule has 2 aliphatic rings. The molecule has 0 bridgehead atoms. The molecule has 0 aromatic heterocycles. The molecule has 1 heterocycles. The largest absolute Gasteiger partial charge is 0.382 e. The van der Waals surface area contributed by atoms with E-state index in [9.17, 15) is 0 Å². The van der Waals surface area contributed by atoms with Crippen molar-refractivity contribution >= 4 is 0 Å². The Labute approximate surface area is 61.8 Å². The third kappa shape index (κ3) is 0.859. The van der Waals surface area contributed by atoms with Crippen molar-refractivity contribution < 1.29 is 0 Å². The summed E-state index contributed by atoms with van der Waals surface area (Å²) in [5.74, 6) is 0. The molecule has 1 unspecified atom stereocenters. The predicted octanol–water partition coefficient (Wildman–Crippen LogP) is 1.97. The van der Waals surface area contributed by atoms with Crippen LogP contribution in [-0.4, -0.2) is 6.04 Å². The zero-order chi connectivity index (χ0) is 6.97. The summed E-state index contributed by atoms with van der Waals surface area (Å²) in [4.78, 5) is 0. The summed E-state index contributed by atoms with van der Waals surface area (Å²) < 4.78 is 0. The standard InChI is InChI=1S/C9H13N/c1-7-6-8-4-2-3-5-9(8)10-7/h4-5,7,10H,2-3,6H2,1H3. The van der Waals surface area contributed by atoms with Gasteiger partial charge in [0.25, 0.3) is 0 Å². The first-order valence-corrected chi connectivity index (χ1v) is 4.02. The van der Waals surface area contributed by atoms with Gasteiger partial charge in [0.15, 0.2) is 0 Å². The molecule has 0 aromatic carbocycles. The summed E-state index contributed by atoms with van der Waals surface area (Å²) >= 11 is 0. The first-order chi connectivity index (χ1) is 4.86. The molecular formula is C9H13N. The normalized spacial score (nSPS) is 30.3. The summed E-state index contributed by atoms with van der Waals surface area (Å²) in [6, 6.07) is 0.663. The first-order valence-electron chi connectivity index (χ1n) is 4.02. The van der Waals surface area contributed by atoms with E-state index in [1.54, 1.807) is 5.57 Å². The minimum atomic E-state index is 0.663. The smallest absolute Gasteiger partial charge is 0.0332 e. The minimum Gasteiger partial charge on any atom is -0.382 e. The maximum absolute atomic E-state index is 3.45. The molecule has 54 valence electrons. The summed E-state index contributed by atoms with van der Waals surface area (Å²) in [6.45, 7) is 2.24. The highest BCUT2D eigenvalue weighted by Crippen LogP contribution is 2.26. The molecule has 0 spiro atoms. The van der Waals surface area contributed by atoms with Gasteiger partial charge in [0, 0.05) is 11.7 Å². The molecule has 0 amide bonds. The van der Waals surface area contributed by atoms with Crippen LogP contribution in [0.5, 0.6) is 0 Å². The van der Waals surface area contributed by atoms with Gasteiger partial charge in [0.05, 0.1) is 0 Å². The van der Waals surface area contributed by atoms with Gasteiger partial charge in [-0.2, -0.15) is 0 Å². The van der Waals surface area contributed by atoms with E-state index < -0.39 is 0 Å². The highest BCUT2D eigenvalue weighted by Gasteiger charge is 2.19. The first kappa shape index (κ1) is 6.02. The van der Waals surface area contributed by atoms with Crippen molar-refractivity contribution in [2.45, 2.75) is 32.2 Å². The lowest BCUT2D eigenvalue weighted by atomic mass is 10.0.